The molecule has 1 aromatic rings. The lowest BCUT2D eigenvalue weighted by Gasteiger charge is -2.34. The number of halogens is 3. The van der Waals surface area contributed by atoms with Gasteiger partial charge in [0, 0.05) is 5.56 Å². The lowest BCUT2D eigenvalue weighted by Crippen LogP contribution is -2.35. The van der Waals surface area contributed by atoms with E-state index >= 15 is 0 Å². The van der Waals surface area contributed by atoms with Crippen LogP contribution in [0.3, 0.4) is 0 Å². The van der Waals surface area contributed by atoms with Gasteiger partial charge >= 0.3 is 6.18 Å². The van der Waals surface area contributed by atoms with Gasteiger partial charge in [0.05, 0.1) is 13.2 Å². The van der Waals surface area contributed by atoms with Gasteiger partial charge in [-0.05, 0) is 36.2 Å². The number of hydrogen-bond donors (Lipinski definition) is 2. The van der Waals surface area contributed by atoms with Crippen molar-refractivity contribution in [2.45, 2.75) is 51.8 Å². The van der Waals surface area contributed by atoms with Crippen molar-refractivity contribution in [3.8, 4) is 5.75 Å². The van der Waals surface area contributed by atoms with Gasteiger partial charge in [-0.15, -0.1) is 0 Å². The van der Waals surface area contributed by atoms with E-state index in [-0.39, 0.29) is 17.1 Å². The molecule has 24 heavy (non-hydrogen) atoms. The highest BCUT2D eigenvalue weighted by Gasteiger charge is 2.65. The zero-order chi connectivity index (χ0) is 18.3. The predicted molar refractivity (Wildman–Crippen MR) is 87.8 cm³/mol. The average Bonchev–Trinajstić information content (AvgIpc) is 3.24. The lowest BCUT2D eigenvalue weighted by molar-refractivity contribution is -0.165. The topological polar surface area (TPSA) is 62.3 Å². The fourth-order valence-corrected chi connectivity index (χ4v) is 3.58. The van der Waals surface area contributed by atoms with E-state index in [1.165, 1.54) is 19.2 Å². The molecule has 0 amide bonds. The molecule has 1 aliphatic heterocycles. The molecule has 0 spiro atoms. The molecular weight excluding hydrogens is 337 g/mol. The molecule has 1 saturated heterocycles. The van der Waals surface area contributed by atoms with Gasteiger partial charge in [0.2, 0.25) is 14.7 Å². The zero-order valence-corrected chi connectivity index (χ0v) is 15.8. The maximum atomic E-state index is 13.4. The number of hydrogen-bond acceptors (Lipinski definition) is 4. The maximum absolute atomic E-state index is 13.4. The van der Waals surface area contributed by atoms with Crippen molar-refractivity contribution in [1.29, 1.82) is 0 Å². The Kier molecular flexibility index (Phi) is 5.07. The molecule has 2 rings (SSSR count). The second-order valence-electron chi connectivity index (χ2n) is 7.23. The molecule has 0 aromatic heterocycles. The Bertz CT molecular complexity index is 596. The third kappa shape index (κ3) is 3.61. The second kappa shape index (κ2) is 6.33. The number of ether oxygens (including phenoxy) is 1. The third-order valence-electron chi connectivity index (χ3n) is 3.89. The van der Waals surface area contributed by atoms with Crippen LogP contribution in [0.5, 0.6) is 5.75 Å². The molecule has 1 fully saturated rings. The molecule has 0 bridgehead atoms. The molecule has 0 saturated carbocycles. The van der Waals surface area contributed by atoms with Crippen LogP contribution in [-0.2, 0) is 10.1 Å². The van der Waals surface area contributed by atoms with Crippen LogP contribution in [0.1, 0.15) is 38.0 Å². The van der Waals surface area contributed by atoms with E-state index in [1.807, 2.05) is 33.9 Å². The molecule has 135 valence electrons. The monoisotopic (exact) mass is 361 g/mol. The van der Waals surface area contributed by atoms with Gasteiger partial charge < -0.3 is 9.16 Å². The molecule has 8 heteroatoms. The predicted octanol–water partition coefficient (Wildman–Crippen LogP) is 3.87. The van der Waals surface area contributed by atoms with Gasteiger partial charge in [0.1, 0.15) is 5.75 Å². The normalized spacial score (nSPS) is 18.6. The Morgan fingerprint density at radius 3 is 2.08 bits per heavy atom. The van der Waals surface area contributed by atoms with E-state index in [2.05, 4.69) is 10.9 Å². The molecule has 0 aliphatic carbocycles. The standard InChI is InChI=1S/C16H24F3N2O2Si/c1-14(2,3)13(23-24(5)6)11-9-10(7-8-12(11)22-4)15(20-21-15)16(17,18)19/h7-9,13,20-21H,1-6H3. The summed E-state index contributed by atoms with van der Waals surface area (Å²) < 4.78 is 51.6. The van der Waals surface area contributed by atoms with E-state index in [0.29, 0.717) is 11.3 Å². The van der Waals surface area contributed by atoms with Crippen molar-refractivity contribution in [3.63, 3.8) is 0 Å². The van der Waals surface area contributed by atoms with E-state index < -0.39 is 20.9 Å². The first kappa shape index (κ1) is 19.2. The molecule has 1 unspecified atom stereocenters. The van der Waals surface area contributed by atoms with Crippen LogP contribution in [0.15, 0.2) is 18.2 Å². The van der Waals surface area contributed by atoms with Crippen LogP contribution in [0.2, 0.25) is 13.1 Å². The van der Waals surface area contributed by atoms with Gasteiger partial charge in [0.15, 0.2) is 0 Å². The molecule has 1 aromatic carbocycles. The van der Waals surface area contributed by atoms with Crippen molar-refractivity contribution in [1.82, 2.24) is 10.9 Å². The number of rotatable bonds is 5. The van der Waals surface area contributed by atoms with Crippen molar-refractivity contribution < 1.29 is 22.3 Å². The van der Waals surface area contributed by atoms with Crippen LogP contribution in [0, 0.1) is 5.41 Å². The van der Waals surface area contributed by atoms with Gasteiger partial charge in [0.25, 0.3) is 0 Å². The summed E-state index contributed by atoms with van der Waals surface area (Å²) in [5.41, 5.74) is 2.73. The highest BCUT2D eigenvalue weighted by molar-refractivity contribution is 6.48. The summed E-state index contributed by atoms with van der Waals surface area (Å²) in [5.74, 6) is 0.528. The Morgan fingerprint density at radius 1 is 1.12 bits per heavy atom. The summed E-state index contributed by atoms with van der Waals surface area (Å²) >= 11 is 0. The first-order valence-corrected chi connectivity index (χ1v) is 10.1. The summed E-state index contributed by atoms with van der Waals surface area (Å²) in [6.07, 6.45) is -4.80. The van der Waals surface area contributed by atoms with Crippen LogP contribution < -0.4 is 15.6 Å². The van der Waals surface area contributed by atoms with Crippen LogP contribution >= 0.6 is 0 Å². The summed E-state index contributed by atoms with van der Waals surface area (Å²) in [7, 11) is 0.453. The average molecular weight is 361 g/mol. The first-order valence-electron chi connectivity index (χ1n) is 7.68. The smallest absolute Gasteiger partial charge is 0.426 e. The molecule has 1 radical (unpaired) electrons. The zero-order valence-electron chi connectivity index (χ0n) is 14.8. The van der Waals surface area contributed by atoms with E-state index in [4.69, 9.17) is 9.16 Å². The Balaban J connectivity index is 2.53. The maximum Gasteiger partial charge on any atom is 0.426 e. The third-order valence-corrected chi connectivity index (χ3v) is 4.59. The van der Waals surface area contributed by atoms with Gasteiger partial charge in [-0.3, -0.25) is 0 Å². The largest absolute Gasteiger partial charge is 0.496 e. The number of nitrogens with one attached hydrogen (secondary N) is 2. The first-order chi connectivity index (χ1) is 10.9. The minimum atomic E-state index is -4.44. The fraction of sp³-hybridized carbons (Fsp3) is 0.625. The fourth-order valence-electron chi connectivity index (χ4n) is 2.63. The number of benzene rings is 1. The quantitative estimate of drug-likeness (QED) is 0.617. The summed E-state index contributed by atoms with van der Waals surface area (Å²) in [4.78, 5) is 0. The minimum Gasteiger partial charge on any atom is -0.496 e. The van der Waals surface area contributed by atoms with Crippen LogP contribution in [0.4, 0.5) is 13.2 Å². The van der Waals surface area contributed by atoms with Crippen molar-refractivity contribution in [2.24, 2.45) is 5.41 Å². The van der Waals surface area contributed by atoms with Crippen molar-refractivity contribution in [3.05, 3.63) is 29.3 Å². The number of alkyl halides is 3. The molecule has 1 aliphatic rings. The van der Waals surface area contributed by atoms with Crippen molar-refractivity contribution >= 4 is 9.04 Å². The summed E-state index contributed by atoms with van der Waals surface area (Å²) in [6.45, 7) is 10.0. The van der Waals surface area contributed by atoms with Gasteiger partial charge in [-0.2, -0.15) is 13.2 Å². The van der Waals surface area contributed by atoms with Crippen molar-refractivity contribution in [2.75, 3.05) is 7.11 Å². The van der Waals surface area contributed by atoms with Crippen LogP contribution in [-0.4, -0.2) is 22.3 Å². The SMILES string of the molecule is COc1ccc(C2(C(F)(F)F)NN2)cc1C(O[Si](C)C)C(C)(C)C. The lowest BCUT2D eigenvalue weighted by atomic mass is 9.83. The Hall–Kier alpha value is -1.09. The Labute approximate surface area is 142 Å². The summed E-state index contributed by atoms with van der Waals surface area (Å²) in [6, 6.07) is 4.52. The molecule has 4 nitrogen and oxygen atoms in total. The second-order valence-corrected chi connectivity index (χ2v) is 9.28. The highest BCUT2D eigenvalue weighted by atomic mass is 28.3. The van der Waals surface area contributed by atoms with Gasteiger partial charge in [-0.25, -0.2) is 10.9 Å². The highest BCUT2D eigenvalue weighted by Crippen LogP contribution is 2.46. The number of methoxy groups -OCH3 is 1. The molecule has 1 atom stereocenters. The van der Waals surface area contributed by atoms with E-state index in [9.17, 15) is 13.2 Å². The summed E-state index contributed by atoms with van der Waals surface area (Å²) in [5, 5.41) is 0. The molecule has 1 heterocycles. The minimum absolute atomic E-state index is 0.102. The van der Waals surface area contributed by atoms with E-state index in [0.717, 1.165) is 0 Å². The van der Waals surface area contributed by atoms with Gasteiger partial charge in [-0.1, -0.05) is 26.8 Å². The van der Waals surface area contributed by atoms with Crippen LogP contribution in [0.25, 0.3) is 0 Å². The molecular formula is C16H24F3N2O2Si. The Morgan fingerprint density at radius 2 is 1.71 bits per heavy atom. The molecule has 2 N–H and O–H groups in total. The van der Waals surface area contributed by atoms with E-state index in [1.54, 1.807) is 6.07 Å². The number of hydrazine groups is 1.